The lowest BCUT2D eigenvalue weighted by Gasteiger charge is -2.38. The van der Waals surface area contributed by atoms with Gasteiger partial charge in [-0.2, -0.15) is 4.31 Å². The maximum Gasteiger partial charge on any atom is 0.262 e. The first-order valence-corrected chi connectivity index (χ1v) is 15.9. The largest absolute Gasteiger partial charge is 0.497 e. The lowest BCUT2D eigenvalue weighted by atomic mass is 9.82. The molecule has 1 atom stereocenters. The zero-order chi connectivity index (χ0) is 30.2. The van der Waals surface area contributed by atoms with Crippen LogP contribution >= 0.6 is 12.4 Å². The number of carbonyl (C=O) groups is 1. The Morgan fingerprint density at radius 2 is 1.66 bits per heavy atom. The van der Waals surface area contributed by atoms with E-state index in [1.54, 1.807) is 42.1 Å². The Labute approximate surface area is 264 Å². The van der Waals surface area contributed by atoms with Gasteiger partial charge in [-0.05, 0) is 96.3 Å². The molecule has 1 heterocycles. The van der Waals surface area contributed by atoms with Crippen LogP contribution in [0.3, 0.4) is 0 Å². The smallest absolute Gasteiger partial charge is 0.262 e. The molecule has 0 bridgehead atoms. The van der Waals surface area contributed by atoms with Crippen molar-refractivity contribution in [2.24, 2.45) is 5.92 Å². The van der Waals surface area contributed by atoms with Gasteiger partial charge in [-0.3, -0.25) is 15.0 Å². The van der Waals surface area contributed by atoms with E-state index in [0.29, 0.717) is 43.6 Å². The molecule has 9 nitrogen and oxygen atoms in total. The highest BCUT2D eigenvalue weighted by molar-refractivity contribution is 7.89. The van der Waals surface area contributed by atoms with E-state index in [-0.39, 0.29) is 35.9 Å². The molecule has 1 aliphatic rings. The van der Waals surface area contributed by atoms with Crippen LogP contribution in [-0.2, 0) is 32.5 Å². The number of pyridine rings is 1. The van der Waals surface area contributed by atoms with Gasteiger partial charge < -0.3 is 9.47 Å². The summed E-state index contributed by atoms with van der Waals surface area (Å²) in [4.78, 5) is 17.3. The lowest BCUT2D eigenvalue weighted by molar-refractivity contribution is -0.136. The summed E-state index contributed by atoms with van der Waals surface area (Å²) in [6.07, 6.45) is 6.46. The minimum atomic E-state index is -4.15. The molecule has 0 saturated heterocycles. The normalized spacial score (nSPS) is 17.5. The number of benzene rings is 3. The van der Waals surface area contributed by atoms with Crippen LogP contribution in [0.1, 0.15) is 36.8 Å². The first-order chi connectivity index (χ1) is 20.9. The number of sulfonamides is 1. The molecule has 1 aromatic heterocycles. The number of nitrogens with zero attached hydrogens (tertiary/aromatic N) is 2. The van der Waals surface area contributed by atoms with E-state index in [2.05, 4.69) is 35.3 Å². The Morgan fingerprint density at radius 3 is 2.34 bits per heavy atom. The third-order valence-electron chi connectivity index (χ3n) is 8.21. The predicted molar refractivity (Wildman–Crippen MR) is 170 cm³/mol. The number of halogens is 1. The van der Waals surface area contributed by atoms with Gasteiger partial charge in [0.1, 0.15) is 11.8 Å². The van der Waals surface area contributed by atoms with E-state index >= 15 is 0 Å². The van der Waals surface area contributed by atoms with Gasteiger partial charge in [-0.1, -0.05) is 42.5 Å². The summed E-state index contributed by atoms with van der Waals surface area (Å²) in [6.45, 7) is 0.514. The average Bonchev–Trinajstić information content (AvgIpc) is 3.05. The summed E-state index contributed by atoms with van der Waals surface area (Å²) < 4.78 is 40.8. The fourth-order valence-electron chi connectivity index (χ4n) is 5.95. The molecule has 4 aromatic rings. The van der Waals surface area contributed by atoms with E-state index in [1.807, 2.05) is 12.1 Å². The first kappa shape index (κ1) is 33.4. The maximum absolute atomic E-state index is 14.1. The minimum Gasteiger partial charge on any atom is -0.497 e. The molecular weight excluding hydrogens is 602 g/mol. The van der Waals surface area contributed by atoms with Gasteiger partial charge in [0, 0.05) is 18.9 Å². The second-order valence-electron chi connectivity index (χ2n) is 10.8. The van der Waals surface area contributed by atoms with Gasteiger partial charge in [-0.25, -0.2) is 13.9 Å². The molecule has 3 aromatic carbocycles. The Morgan fingerprint density at radius 1 is 0.977 bits per heavy atom. The molecule has 1 aliphatic carbocycles. The Balaban J connectivity index is 0.00000442. The van der Waals surface area contributed by atoms with Crippen LogP contribution in [-0.4, -0.2) is 54.7 Å². The summed E-state index contributed by atoms with van der Waals surface area (Å²) in [5.41, 5.74) is 3.65. The Hall–Kier alpha value is -3.54. The second kappa shape index (κ2) is 15.5. The number of hydrogen-bond donors (Lipinski definition) is 2. The van der Waals surface area contributed by atoms with Crippen LogP contribution in [0.5, 0.6) is 5.75 Å². The van der Waals surface area contributed by atoms with Gasteiger partial charge in [0.25, 0.3) is 5.91 Å². The fourth-order valence-corrected chi connectivity index (χ4v) is 7.58. The molecular formula is C33H38ClN3O6S. The number of ether oxygens (including phenoxy) is 2. The molecule has 2 N–H and O–H groups in total. The Bertz CT molecular complexity index is 1610. The van der Waals surface area contributed by atoms with Crippen molar-refractivity contribution < 1.29 is 27.9 Å². The van der Waals surface area contributed by atoms with E-state index in [4.69, 9.17) is 9.47 Å². The standard InChI is InChI=1S/C33H37N3O6S.ClH/c1-41-28-13-15-30(16-14-28)43(39,40)36(23-24-17-20-34-21-18-24)32(33(37)35-38)27-9-11-29(12-10-27)42-22-19-26-7-4-6-25-5-2-3-8-31(25)26;/h2-8,13-18,20-21,27,29,32,38H,9-12,19,22-23H2,1H3,(H,35,37);1H. The van der Waals surface area contributed by atoms with E-state index in [1.165, 1.54) is 39.9 Å². The molecule has 1 saturated carbocycles. The zero-order valence-corrected chi connectivity index (χ0v) is 26.2. The van der Waals surface area contributed by atoms with Gasteiger partial charge in [0.05, 0.1) is 24.7 Å². The lowest BCUT2D eigenvalue weighted by Crippen LogP contribution is -2.53. The van der Waals surface area contributed by atoms with Crippen LogP contribution in [0.15, 0.2) is 96.2 Å². The van der Waals surface area contributed by atoms with Crippen molar-refractivity contribution >= 4 is 39.1 Å². The summed E-state index contributed by atoms with van der Waals surface area (Å²) in [6, 6.07) is 23.0. The summed E-state index contributed by atoms with van der Waals surface area (Å²) in [5.74, 6) is -0.561. The summed E-state index contributed by atoms with van der Waals surface area (Å²) >= 11 is 0. The topological polar surface area (TPSA) is 118 Å². The van der Waals surface area contributed by atoms with Gasteiger partial charge >= 0.3 is 0 Å². The van der Waals surface area contributed by atoms with Crippen LogP contribution in [0, 0.1) is 5.92 Å². The number of amides is 1. The van der Waals surface area contributed by atoms with Gasteiger partial charge in [0.2, 0.25) is 10.0 Å². The zero-order valence-electron chi connectivity index (χ0n) is 24.5. The number of carbonyl (C=O) groups excluding carboxylic acids is 1. The van der Waals surface area contributed by atoms with Crippen LogP contribution in [0.4, 0.5) is 0 Å². The third kappa shape index (κ3) is 7.75. The van der Waals surface area contributed by atoms with Crippen LogP contribution in [0.2, 0.25) is 0 Å². The molecule has 0 spiro atoms. The SMILES string of the molecule is COc1ccc(S(=O)(=O)N(Cc2ccncc2)C(C(=O)NO)C2CCC(OCCc3cccc4ccccc34)CC2)cc1.Cl. The highest BCUT2D eigenvalue weighted by Crippen LogP contribution is 2.35. The van der Waals surface area contributed by atoms with Crippen LogP contribution < -0.4 is 10.2 Å². The Kier molecular flexibility index (Phi) is 11.7. The quantitative estimate of drug-likeness (QED) is 0.154. The molecule has 234 valence electrons. The van der Waals surface area contributed by atoms with Crippen molar-refractivity contribution in [1.82, 2.24) is 14.8 Å². The highest BCUT2D eigenvalue weighted by Gasteiger charge is 2.42. The van der Waals surface area contributed by atoms with Crippen LogP contribution in [0.25, 0.3) is 10.8 Å². The third-order valence-corrected chi connectivity index (χ3v) is 10.1. The monoisotopic (exact) mass is 639 g/mol. The number of nitrogens with one attached hydrogen (secondary N) is 1. The molecule has 1 unspecified atom stereocenters. The number of fused-ring (bicyclic) bond motifs is 1. The van der Waals surface area contributed by atoms with Crippen molar-refractivity contribution in [1.29, 1.82) is 0 Å². The number of hydrogen-bond acceptors (Lipinski definition) is 7. The van der Waals surface area contributed by atoms with Crippen molar-refractivity contribution in [3.8, 4) is 5.75 Å². The van der Waals surface area contributed by atoms with E-state index < -0.39 is 22.0 Å². The summed E-state index contributed by atoms with van der Waals surface area (Å²) in [7, 11) is -2.65. The van der Waals surface area contributed by atoms with E-state index in [9.17, 15) is 18.4 Å². The van der Waals surface area contributed by atoms with Gasteiger partial charge in [0.15, 0.2) is 0 Å². The number of rotatable bonds is 12. The van der Waals surface area contributed by atoms with Crippen molar-refractivity contribution in [3.63, 3.8) is 0 Å². The average molecular weight is 640 g/mol. The molecule has 5 rings (SSSR count). The van der Waals surface area contributed by atoms with E-state index in [0.717, 1.165) is 6.42 Å². The molecule has 44 heavy (non-hydrogen) atoms. The number of methoxy groups -OCH3 is 1. The molecule has 0 aliphatic heterocycles. The van der Waals surface area contributed by atoms with Crippen molar-refractivity contribution in [2.75, 3.05) is 13.7 Å². The number of hydroxylamine groups is 1. The minimum absolute atomic E-state index is 0. The van der Waals surface area contributed by atoms with Crippen molar-refractivity contribution in [2.45, 2.75) is 55.7 Å². The van der Waals surface area contributed by atoms with Crippen molar-refractivity contribution in [3.05, 3.63) is 102 Å². The second-order valence-corrected chi connectivity index (χ2v) is 12.7. The molecule has 11 heteroatoms. The highest BCUT2D eigenvalue weighted by atomic mass is 35.5. The van der Waals surface area contributed by atoms with Gasteiger partial charge in [-0.15, -0.1) is 12.4 Å². The molecule has 1 fully saturated rings. The molecule has 1 amide bonds. The number of aromatic nitrogens is 1. The summed E-state index contributed by atoms with van der Waals surface area (Å²) in [5, 5.41) is 12.2. The first-order valence-electron chi connectivity index (χ1n) is 14.5. The molecule has 0 radical (unpaired) electrons. The maximum atomic E-state index is 14.1. The fraction of sp³-hybridized carbons (Fsp3) is 0.333. The predicted octanol–water partition coefficient (Wildman–Crippen LogP) is 5.55.